The molecule has 0 spiro atoms. The maximum Gasteiger partial charge on any atom is 0.0610 e. The average molecular weight is 171 g/mol. The molecule has 1 atom stereocenters. The van der Waals surface area contributed by atoms with Crippen LogP contribution < -0.4 is 5.32 Å². The molecule has 0 aliphatic heterocycles. The molecule has 2 nitrogen and oxygen atoms in total. The highest BCUT2D eigenvalue weighted by atomic mass is 16.3. The van der Waals surface area contributed by atoms with Gasteiger partial charge >= 0.3 is 0 Å². The quantitative estimate of drug-likeness (QED) is 0.451. The Morgan fingerprint density at radius 2 is 2.25 bits per heavy atom. The lowest BCUT2D eigenvalue weighted by atomic mass is 10.0. The van der Waals surface area contributed by atoms with E-state index in [1.54, 1.807) is 0 Å². The highest BCUT2D eigenvalue weighted by Crippen LogP contribution is 2.07. The van der Waals surface area contributed by atoms with Crippen molar-refractivity contribution in [1.82, 2.24) is 5.32 Å². The number of hydrogen-bond donors (Lipinski definition) is 2. The van der Waals surface area contributed by atoms with Gasteiger partial charge in [-0.05, 0) is 32.7 Å². The van der Waals surface area contributed by atoms with Gasteiger partial charge in [0, 0.05) is 5.54 Å². The minimum atomic E-state index is -0.0961. The van der Waals surface area contributed by atoms with Crippen LogP contribution in [0.25, 0.3) is 0 Å². The van der Waals surface area contributed by atoms with Gasteiger partial charge in [0.05, 0.1) is 6.61 Å². The molecular weight excluding hydrogens is 150 g/mol. The first kappa shape index (κ1) is 11.7. The van der Waals surface area contributed by atoms with Crippen LogP contribution in [0.2, 0.25) is 0 Å². The van der Waals surface area contributed by atoms with Crippen LogP contribution in [0, 0.1) is 0 Å². The first-order valence-corrected chi connectivity index (χ1v) is 4.65. The Kier molecular flexibility index (Phi) is 6.03. The van der Waals surface area contributed by atoms with E-state index in [4.69, 9.17) is 5.11 Å². The Morgan fingerprint density at radius 1 is 1.58 bits per heavy atom. The number of rotatable bonds is 7. The van der Waals surface area contributed by atoms with Gasteiger partial charge in [-0.3, -0.25) is 0 Å². The third kappa shape index (κ3) is 4.52. The van der Waals surface area contributed by atoms with Crippen molar-refractivity contribution in [2.24, 2.45) is 0 Å². The van der Waals surface area contributed by atoms with Crippen LogP contribution in [0.3, 0.4) is 0 Å². The van der Waals surface area contributed by atoms with Crippen LogP contribution in [0.1, 0.15) is 33.1 Å². The van der Waals surface area contributed by atoms with Crippen molar-refractivity contribution in [2.75, 3.05) is 13.2 Å². The van der Waals surface area contributed by atoms with Crippen LogP contribution in [0.15, 0.2) is 12.7 Å². The molecule has 1 unspecified atom stereocenters. The smallest absolute Gasteiger partial charge is 0.0610 e. The predicted octanol–water partition coefficient (Wildman–Crippen LogP) is 1.70. The summed E-state index contributed by atoms with van der Waals surface area (Å²) >= 11 is 0. The maximum atomic E-state index is 9.06. The molecule has 0 aliphatic rings. The summed E-state index contributed by atoms with van der Waals surface area (Å²) in [6, 6.07) is 0. The SMILES string of the molecule is C=CCCCNC(C)(CC)CO. The fraction of sp³-hybridized carbons (Fsp3) is 0.800. The Labute approximate surface area is 75.7 Å². The molecule has 2 N–H and O–H groups in total. The van der Waals surface area contributed by atoms with Crippen LogP contribution in [0.4, 0.5) is 0 Å². The lowest BCUT2D eigenvalue weighted by Gasteiger charge is -2.27. The zero-order valence-electron chi connectivity index (χ0n) is 8.27. The van der Waals surface area contributed by atoms with Crippen molar-refractivity contribution in [1.29, 1.82) is 0 Å². The summed E-state index contributed by atoms with van der Waals surface area (Å²) in [6.07, 6.45) is 5.01. The van der Waals surface area contributed by atoms with Gasteiger partial charge in [-0.15, -0.1) is 6.58 Å². The Morgan fingerprint density at radius 3 is 2.67 bits per heavy atom. The fourth-order valence-electron chi connectivity index (χ4n) is 0.929. The van der Waals surface area contributed by atoms with Gasteiger partial charge < -0.3 is 10.4 Å². The monoisotopic (exact) mass is 171 g/mol. The minimum absolute atomic E-state index is 0.0961. The molecule has 0 saturated heterocycles. The van der Waals surface area contributed by atoms with Gasteiger partial charge in [0.2, 0.25) is 0 Å². The van der Waals surface area contributed by atoms with Gasteiger partial charge in [-0.25, -0.2) is 0 Å². The van der Waals surface area contributed by atoms with E-state index >= 15 is 0 Å². The summed E-state index contributed by atoms with van der Waals surface area (Å²) < 4.78 is 0. The second-order valence-electron chi connectivity index (χ2n) is 3.43. The van der Waals surface area contributed by atoms with E-state index in [1.807, 2.05) is 13.0 Å². The van der Waals surface area contributed by atoms with E-state index in [-0.39, 0.29) is 12.1 Å². The van der Waals surface area contributed by atoms with Crippen LogP contribution in [-0.4, -0.2) is 23.8 Å². The highest BCUT2D eigenvalue weighted by molar-refractivity contribution is 4.80. The van der Waals surface area contributed by atoms with Crippen LogP contribution >= 0.6 is 0 Å². The molecule has 0 aromatic heterocycles. The number of aliphatic hydroxyl groups excluding tert-OH is 1. The first-order chi connectivity index (χ1) is 5.68. The zero-order chi connectivity index (χ0) is 9.45. The second-order valence-corrected chi connectivity index (χ2v) is 3.43. The van der Waals surface area contributed by atoms with E-state index in [0.29, 0.717) is 0 Å². The van der Waals surface area contributed by atoms with E-state index in [2.05, 4.69) is 18.8 Å². The maximum absolute atomic E-state index is 9.06. The molecule has 12 heavy (non-hydrogen) atoms. The molecule has 0 aromatic carbocycles. The number of hydrogen-bond acceptors (Lipinski definition) is 2. The molecule has 0 radical (unpaired) electrons. The Hall–Kier alpha value is -0.340. The molecular formula is C10H21NO. The summed E-state index contributed by atoms with van der Waals surface area (Å²) in [4.78, 5) is 0. The van der Waals surface area contributed by atoms with Crippen molar-refractivity contribution < 1.29 is 5.11 Å². The average Bonchev–Trinajstić information content (AvgIpc) is 2.12. The number of allylic oxidation sites excluding steroid dienone is 1. The minimum Gasteiger partial charge on any atom is -0.394 e. The van der Waals surface area contributed by atoms with Crippen molar-refractivity contribution in [2.45, 2.75) is 38.6 Å². The summed E-state index contributed by atoms with van der Waals surface area (Å²) in [7, 11) is 0. The summed E-state index contributed by atoms with van der Waals surface area (Å²) in [5, 5.41) is 12.4. The largest absolute Gasteiger partial charge is 0.394 e. The van der Waals surface area contributed by atoms with Crippen molar-refractivity contribution in [3.8, 4) is 0 Å². The summed E-state index contributed by atoms with van der Waals surface area (Å²) in [5.74, 6) is 0. The highest BCUT2D eigenvalue weighted by Gasteiger charge is 2.18. The molecule has 0 rings (SSSR count). The second kappa shape index (κ2) is 6.21. The number of aliphatic hydroxyl groups is 1. The molecule has 0 heterocycles. The van der Waals surface area contributed by atoms with Gasteiger partial charge in [0.25, 0.3) is 0 Å². The van der Waals surface area contributed by atoms with E-state index in [0.717, 1.165) is 25.8 Å². The predicted molar refractivity (Wildman–Crippen MR) is 53.2 cm³/mol. The van der Waals surface area contributed by atoms with Crippen molar-refractivity contribution >= 4 is 0 Å². The van der Waals surface area contributed by atoms with Crippen molar-refractivity contribution in [3.05, 3.63) is 12.7 Å². The van der Waals surface area contributed by atoms with E-state index < -0.39 is 0 Å². The van der Waals surface area contributed by atoms with E-state index in [9.17, 15) is 0 Å². The molecule has 72 valence electrons. The lowest BCUT2D eigenvalue weighted by molar-refractivity contribution is 0.170. The van der Waals surface area contributed by atoms with Gasteiger partial charge in [0.15, 0.2) is 0 Å². The molecule has 0 saturated carbocycles. The summed E-state index contributed by atoms with van der Waals surface area (Å²) in [5.41, 5.74) is -0.0961. The third-order valence-electron chi connectivity index (χ3n) is 2.27. The third-order valence-corrected chi connectivity index (χ3v) is 2.27. The summed E-state index contributed by atoms with van der Waals surface area (Å²) in [6.45, 7) is 8.94. The molecule has 0 amide bonds. The van der Waals surface area contributed by atoms with Crippen LogP contribution in [-0.2, 0) is 0 Å². The topological polar surface area (TPSA) is 32.3 Å². The van der Waals surface area contributed by atoms with E-state index in [1.165, 1.54) is 0 Å². The zero-order valence-corrected chi connectivity index (χ0v) is 8.27. The molecule has 0 aliphatic carbocycles. The fourth-order valence-corrected chi connectivity index (χ4v) is 0.929. The lowest BCUT2D eigenvalue weighted by Crippen LogP contribution is -2.45. The van der Waals surface area contributed by atoms with Gasteiger partial charge in [-0.2, -0.15) is 0 Å². The standard InChI is InChI=1S/C10H21NO/c1-4-6-7-8-11-10(3,5-2)9-12/h4,11-12H,1,5-9H2,2-3H3. The Bertz CT molecular complexity index is 119. The normalized spacial score (nSPS) is 15.6. The molecule has 0 aromatic rings. The molecule has 0 fully saturated rings. The van der Waals surface area contributed by atoms with Crippen molar-refractivity contribution in [3.63, 3.8) is 0 Å². The van der Waals surface area contributed by atoms with Gasteiger partial charge in [-0.1, -0.05) is 13.0 Å². The van der Waals surface area contributed by atoms with Gasteiger partial charge in [0.1, 0.15) is 0 Å². The van der Waals surface area contributed by atoms with Crippen LogP contribution in [0.5, 0.6) is 0 Å². The molecule has 2 heteroatoms. The number of nitrogens with one attached hydrogen (secondary N) is 1. The number of unbranched alkanes of at least 4 members (excludes halogenated alkanes) is 1. The Balaban J connectivity index is 3.51. The molecule has 0 bridgehead atoms. The first-order valence-electron chi connectivity index (χ1n) is 4.65.